The zero-order chi connectivity index (χ0) is 21.5. The van der Waals surface area contributed by atoms with Gasteiger partial charge in [0.25, 0.3) is 0 Å². The molecule has 1 aliphatic heterocycles. The Morgan fingerprint density at radius 2 is 1.90 bits per heavy atom. The standard InChI is InChI=1S/C23H33N5O2/c1-17-5-4-6-21(15-17)25-23(30)27-12-8-20(9-13-27)7-11-24-22(29)10-14-28-19(3)16-18(2)26-28/h4-6,15-16,20H,7-14H2,1-3H3,(H,24,29)(H,25,30). The SMILES string of the molecule is Cc1cccc(NC(=O)N2CCC(CCNC(=O)CCn3nc(C)cc3C)CC2)c1. The number of carbonyl (C=O) groups excluding carboxylic acids is 2. The van der Waals surface area contributed by atoms with Crippen molar-refractivity contribution < 1.29 is 9.59 Å². The highest BCUT2D eigenvalue weighted by Gasteiger charge is 2.22. The Morgan fingerprint density at radius 1 is 1.13 bits per heavy atom. The van der Waals surface area contributed by atoms with Crippen molar-refractivity contribution in [3.63, 3.8) is 0 Å². The van der Waals surface area contributed by atoms with Gasteiger partial charge in [0.15, 0.2) is 0 Å². The third-order valence-electron chi connectivity index (χ3n) is 5.70. The molecule has 7 nitrogen and oxygen atoms in total. The van der Waals surface area contributed by atoms with Gasteiger partial charge in [-0.3, -0.25) is 9.48 Å². The zero-order valence-electron chi connectivity index (χ0n) is 18.3. The quantitative estimate of drug-likeness (QED) is 0.730. The lowest BCUT2D eigenvalue weighted by Gasteiger charge is -2.32. The number of piperidine rings is 1. The fourth-order valence-electron chi connectivity index (χ4n) is 3.96. The predicted octanol–water partition coefficient (Wildman–Crippen LogP) is 3.65. The first-order valence-electron chi connectivity index (χ1n) is 10.8. The van der Waals surface area contributed by atoms with Crippen molar-refractivity contribution in [2.75, 3.05) is 25.0 Å². The van der Waals surface area contributed by atoms with Crippen molar-refractivity contribution >= 4 is 17.6 Å². The second kappa shape index (κ2) is 10.3. The number of urea groups is 1. The first-order valence-corrected chi connectivity index (χ1v) is 10.8. The normalized spacial score (nSPS) is 14.6. The summed E-state index contributed by atoms with van der Waals surface area (Å²) < 4.78 is 1.88. The van der Waals surface area contributed by atoms with Crippen molar-refractivity contribution in [1.82, 2.24) is 20.0 Å². The fraction of sp³-hybridized carbons (Fsp3) is 0.522. The van der Waals surface area contributed by atoms with Crippen LogP contribution in [0.3, 0.4) is 0 Å². The minimum Gasteiger partial charge on any atom is -0.356 e. The van der Waals surface area contributed by atoms with Crippen molar-refractivity contribution in [2.24, 2.45) is 5.92 Å². The van der Waals surface area contributed by atoms with E-state index in [-0.39, 0.29) is 11.9 Å². The van der Waals surface area contributed by atoms with Gasteiger partial charge in [-0.05, 0) is 69.7 Å². The van der Waals surface area contributed by atoms with Gasteiger partial charge >= 0.3 is 6.03 Å². The second-order valence-electron chi connectivity index (χ2n) is 8.27. The molecule has 1 aromatic carbocycles. The molecule has 30 heavy (non-hydrogen) atoms. The molecule has 1 saturated heterocycles. The van der Waals surface area contributed by atoms with Gasteiger partial charge in [0.05, 0.1) is 5.69 Å². The van der Waals surface area contributed by atoms with Crippen LogP contribution >= 0.6 is 0 Å². The first kappa shape index (κ1) is 21.9. The molecule has 0 saturated carbocycles. The van der Waals surface area contributed by atoms with Crippen LogP contribution in [0.5, 0.6) is 0 Å². The summed E-state index contributed by atoms with van der Waals surface area (Å²) in [4.78, 5) is 26.4. The maximum absolute atomic E-state index is 12.5. The van der Waals surface area contributed by atoms with E-state index in [4.69, 9.17) is 0 Å². The van der Waals surface area contributed by atoms with E-state index in [1.165, 1.54) is 0 Å². The number of hydrogen-bond donors (Lipinski definition) is 2. The molecule has 2 aromatic rings. The van der Waals surface area contributed by atoms with E-state index in [0.29, 0.717) is 25.4 Å². The summed E-state index contributed by atoms with van der Waals surface area (Å²) in [6.07, 6.45) is 3.35. The number of rotatable bonds is 7. The van der Waals surface area contributed by atoms with Crippen LogP contribution in [0, 0.1) is 26.7 Å². The Kier molecular flexibility index (Phi) is 7.49. The van der Waals surface area contributed by atoms with Crippen LogP contribution in [0.2, 0.25) is 0 Å². The average molecular weight is 412 g/mol. The molecule has 0 aliphatic carbocycles. The van der Waals surface area contributed by atoms with E-state index >= 15 is 0 Å². The smallest absolute Gasteiger partial charge is 0.321 e. The van der Waals surface area contributed by atoms with Crippen LogP contribution in [0.1, 0.15) is 42.6 Å². The number of nitrogens with zero attached hydrogens (tertiary/aromatic N) is 3. The molecule has 1 aliphatic rings. The van der Waals surface area contributed by atoms with Gasteiger partial charge in [-0.1, -0.05) is 12.1 Å². The zero-order valence-corrected chi connectivity index (χ0v) is 18.3. The number of nitrogens with one attached hydrogen (secondary N) is 2. The molecule has 7 heteroatoms. The summed E-state index contributed by atoms with van der Waals surface area (Å²) in [5.41, 5.74) is 4.03. The number of aryl methyl sites for hydroxylation is 4. The Balaban J connectivity index is 1.31. The summed E-state index contributed by atoms with van der Waals surface area (Å²) in [5.74, 6) is 0.613. The van der Waals surface area contributed by atoms with E-state index in [1.807, 2.05) is 60.7 Å². The lowest BCUT2D eigenvalue weighted by Crippen LogP contribution is -2.41. The monoisotopic (exact) mass is 411 g/mol. The summed E-state index contributed by atoms with van der Waals surface area (Å²) in [7, 11) is 0. The van der Waals surface area contributed by atoms with Crippen LogP contribution in [0.4, 0.5) is 10.5 Å². The maximum atomic E-state index is 12.5. The van der Waals surface area contributed by atoms with Gasteiger partial charge in [0.1, 0.15) is 0 Å². The molecule has 2 N–H and O–H groups in total. The molecule has 162 valence electrons. The number of hydrogen-bond acceptors (Lipinski definition) is 3. The lowest BCUT2D eigenvalue weighted by molar-refractivity contribution is -0.121. The van der Waals surface area contributed by atoms with Crippen molar-refractivity contribution in [3.05, 3.63) is 47.3 Å². The topological polar surface area (TPSA) is 79.3 Å². The molecular weight excluding hydrogens is 378 g/mol. The number of benzene rings is 1. The van der Waals surface area contributed by atoms with Crippen molar-refractivity contribution in [1.29, 1.82) is 0 Å². The highest BCUT2D eigenvalue weighted by Crippen LogP contribution is 2.21. The van der Waals surface area contributed by atoms with E-state index < -0.39 is 0 Å². The fourth-order valence-corrected chi connectivity index (χ4v) is 3.96. The molecule has 3 amide bonds. The third kappa shape index (κ3) is 6.34. The van der Waals surface area contributed by atoms with Crippen molar-refractivity contribution in [2.45, 2.75) is 53.0 Å². The van der Waals surface area contributed by atoms with Crippen LogP contribution in [-0.2, 0) is 11.3 Å². The second-order valence-corrected chi connectivity index (χ2v) is 8.27. The van der Waals surface area contributed by atoms with Gasteiger partial charge in [0.2, 0.25) is 5.91 Å². The lowest BCUT2D eigenvalue weighted by atomic mass is 9.93. The van der Waals surface area contributed by atoms with Crippen molar-refractivity contribution in [3.8, 4) is 0 Å². The number of carbonyl (C=O) groups is 2. The average Bonchev–Trinajstić information content (AvgIpc) is 3.04. The number of aromatic nitrogens is 2. The van der Waals surface area contributed by atoms with Gasteiger partial charge < -0.3 is 15.5 Å². The molecule has 0 radical (unpaired) electrons. The highest BCUT2D eigenvalue weighted by atomic mass is 16.2. The van der Waals surface area contributed by atoms with Crippen LogP contribution in [0.15, 0.2) is 30.3 Å². The summed E-state index contributed by atoms with van der Waals surface area (Å²) in [5, 5.41) is 10.4. The minimum atomic E-state index is -0.0310. The van der Waals surface area contributed by atoms with Crippen LogP contribution in [0.25, 0.3) is 0 Å². The number of anilines is 1. The highest BCUT2D eigenvalue weighted by molar-refractivity contribution is 5.89. The van der Waals surface area contributed by atoms with E-state index in [1.54, 1.807) is 0 Å². The first-order chi connectivity index (χ1) is 14.4. The summed E-state index contributed by atoms with van der Waals surface area (Å²) >= 11 is 0. The Labute approximate surface area is 178 Å². The number of amides is 3. The minimum absolute atomic E-state index is 0.0310. The summed E-state index contributed by atoms with van der Waals surface area (Å²) in [6, 6.07) is 9.83. The Morgan fingerprint density at radius 3 is 2.57 bits per heavy atom. The van der Waals surface area contributed by atoms with E-state index in [2.05, 4.69) is 15.7 Å². The molecule has 1 aromatic heterocycles. The van der Waals surface area contributed by atoms with Gasteiger partial charge in [0, 0.05) is 44.0 Å². The maximum Gasteiger partial charge on any atom is 0.321 e. The van der Waals surface area contributed by atoms with E-state index in [0.717, 1.165) is 55.0 Å². The molecule has 0 atom stereocenters. The molecule has 1 fully saturated rings. The van der Waals surface area contributed by atoms with Crippen LogP contribution in [-0.4, -0.2) is 46.3 Å². The molecule has 2 heterocycles. The van der Waals surface area contributed by atoms with E-state index in [9.17, 15) is 9.59 Å². The molecule has 3 rings (SSSR count). The molecule has 0 bridgehead atoms. The molecule has 0 unspecified atom stereocenters. The Hall–Kier alpha value is -2.83. The molecular formula is C23H33N5O2. The Bertz CT molecular complexity index is 868. The largest absolute Gasteiger partial charge is 0.356 e. The molecule has 0 spiro atoms. The van der Waals surface area contributed by atoms with Gasteiger partial charge in [-0.25, -0.2) is 4.79 Å². The van der Waals surface area contributed by atoms with Crippen LogP contribution < -0.4 is 10.6 Å². The van der Waals surface area contributed by atoms with Gasteiger partial charge in [-0.15, -0.1) is 0 Å². The third-order valence-corrected chi connectivity index (χ3v) is 5.70. The predicted molar refractivity (Wildman–Crippen MR) is 118 cm³/mol. The summed E-state index contributed by atoms with van der Waals surface area (Å²) in [6.45, 7) is 8.80. The van der Waals surface area contributed by atoms with Gasteiger partial charge in [-0.2, -0.15) is 5.10 Å². The number of likely N-dealkylation sites (tertiary alicyclic amines) is 1.